The fourth-order valence-corrected chi connectivity index (χ4v) is 6.15. The van der Waals surface area contributed by atoms with Gasteiger partial charge in [-0.15, -0.1) is 0 Å². The van der Waals surface area contributed by atoms with Gasteiger partial charge >= 0.3 is 11.9 Å². The molecule has 1 aliphatic heterocycles. The van der Waals surface area contributed by atoms with Crippen LogP contribution in [0, 0.1) is 67.5 Å². The smallest absolute Gasteiger partial charge is 0.349 e. The molecule has 0 amide bonds. The molecule has 0 atom stereocenters. The predicted octanol–water partition coefficient (Wildman–Crippen LogP) is 4.67. The number of piperidine rings is 1. The van der Waals surface area contributed by atoms with Gasteiger partial charge in [0.25, 0.3) is 0 Å². The lowest BCUT2D eigenvalue weighted by molar-refractivity contribution is -0.146. The molecule has 0 unspecified atom stereocenters. The highest BCUT2D eigenvalue weighted by atomic mass is 16.6. The number of allylic oxidation sites excluding steroid dienone is 7. The molecule has 0 radical (unpaired) electrons. The molecule has 1 N–H and O–H groups in total. The molecule has 0 aromatic rings. The molecule has 3 rings (SSSR count). The second-order valence-electron chi connectivity index (χ2n) is 12.9. The predicted molar refractivity (Wildman–Crippen MR) is 162 cm³/mol. The molecule has 1 saturated heterocycles. The number of nitriles is 5. The molecular formula is C34H37N7O4. The highest BCUT2D eigenvalue weighted by Gasteiger charge is 2.38. The third-order valence-corrected chi connectivity index (χ3v) is 8.16. The van der Waals surface area contributed by atoms with Crippen LogP contribution in [0.25, 0.3) is 0 Å². The van der Waals surface area contributed by atoms with E-state index in [1.165, 1.54) is 0 Å². The molecule has 11 heteroatoms. The second kappa shape index (κ2) is 14.4. The molecule has 1 heterocycles. The Morgan fingerprint density at radius 2 is 1.44 bits per heavy atom. The number of nitrogens with one attached hydrogen (secondary N) is 1. The Labute approximate surface area is 264 Å². The van der Waals surface area contributed by atoms with Gasteiger partial charge in [-0.3, -0.25) is 0 Å². The molecule has 0 aromatic carbocycles. The van der Waals surface area contributed by atoms with Crippen LogP contribution >= 0.6 is 0 Å². The molecule has 0 saturated carbocycles. The maximum atomic E-state index is 12.9. The highest BCUT2D eigenvalue weighted by Crippen LogP contribution is 2.45. The Bertz CT molecular complexity index is 1580. The summed E-state index contributed by atoms with van der Waals surface area (Å²) in [5.74, 6) is -1.54. The van der Waals surface area contributed by atoms with Crippen LogP contribution < -0.4 is 5.32 Å². The number of hydrogen-bond donors (Lipinski definition) is 1. The lowest BCUT2D eigenvalue weighted by Gasteiger charge is -2.43. The summed E-state index contributed by atoms with van der Waals surface area (Å²) in [6, 6.07) is 10.3. The van der Waals surface area contributed by atoms with Gasteiger partial charge in [0.15, 0.2) is 0 Å². The summed E-state index contributed by atoms with van der Waals surface area (Å²) in [7, 11) is 0. The van der Waals surface area contributed by atoms with E-state index in [2.05, 4.69) is 28.9 Å². The van der Waals surface area contributed by atoms with E-state index in [1.54, 1.807) is 0 Å². The summed E-state index contributed by atoms with van der Waals surface area (Å²) in [6.07, 6.45) is 4.39. The number of hydrogen-bond acceptors (Lipinski definition) is 11. The van der Waals surface area contributed by atoms with Crippen molar-refractivity contribution >= 4 is 11.9 Å². The molecule has 2 aliphatic carbocycles. The van der Waals surface area contributed by atoms with Crippen LogP contribution in [0.15, 0.2) is 57.5 Å². The van der Waals surface area contributed by atoms with Crippen molar-refractivity contribution in [3.63, 3.8) is 0 Å². The Kier molecular flexibility index (Phi) is 11.0. The van der Waals surface area contributed by atoms with E-state index in [0.29, 0.717) is 73.9 Å². The van der Waals surface area contributed by atoms with E-state index in [1.807, 2.05) is 45.9 Å². The SMILES string of the molecule is C=CC(=O)OCCOC(=O)/C(C#N)=C1\CC(C)(C)CC(N2CCC(NC3=C(C#N)C(=C(C#N)C#N)CC(C)(C)C3)CC2)=C1C#N. The van der Waals surface area contributed by atoms with Crippen molar-refractivity contribution in [3.8, 4) is 30.3 Å². The summed E-state index contributed by atoms with van der Waals surface area (Å²) in [4.78, 5) is 26.3. The van der Waals surface area contributed by atoms with Crippen LogP contribution in [0.2, 0.25) is 0 Å². The topological polar surface area (TPSA) is 187 Å². The summed E-state index contributed by atoms with van der Waals surface area (Å²) in [5, 5.41) is 52.7. The third-order valence-electron chi connectivity index (χ3n) is 8.16. The lowest BCUT2D eigenvalue weighted by Crippen LogP contribution is -2.44. The first-order valence-electron chi connectivity index (χ1n) is 14.7. The van der Waals surface area contributed by atoms with Crippen LogP contribution in [-0.2, 0) is 19.1 Å². The van der Waals surface area contributed by atoms with Crippen LogP contribution in [-0.4, -0.2) is 49.2 Å². The largest absolute Gasteiger partial charge is 0.459 e. The van der Waals surface area contributed by atoms with E-state index in [4.69, 9.17) is 9.47 Å². The van der Waals surface area contributed by atoms with E-state index < -0.39 is 11.9 Å². The van der Waals surface area contributed by atoms with Gasteiger partial charge in [-0.05, 0) is 54.9 Å². The fourth-order valence-electron chi connectivity index (χ4n) is 6.15. The number of esters is 2. The molecular weight excluding hydrogens is 570 g/mol. The zero-order valence-corrected chi connectivity index (χ0v) is 26.2. The third kappa shape index (κ3) is 8.20. The molecule has 0 bridgehead atoms. The van der Waals surface area contributed by atoms with Crippen molar-refractivity contribution in [1.82, 2.24) is 10.2 Å². The molecule has 0 spiro atoms. The maximum Gasteiger partial charge on any atom is 0.349 e. The summed E-state index contributed by atoms with van der Waals surface area (Å²) >= 11 is 0. The van der Waals surface area contributed by atoms with Gasteiger partial charge in [0.2, 0.25) is 0 Å². The summed E-state index contributed by atoms with van der Waals surface area (Å²) in [6.45, 7) is 12.2. The average molecular weight is 608 g/mol. The van der Waals surface area contributed by atoms with Crippen LogP contribution in [0.3, 0.4) is 0 Å². The molecule has 0 aromatic heterocycles. The maximum absolute atomic E-state index is 12.9. The number of ether oxygens (including phenoxy) is 2. The van der Waals surface area contributed by atoms with Crippen molar-refractivity contribution in [1.29, 1.82) is 26.3 Å². The minimum atomic E-state index is -0.879. The van der Waals surface area contributed by atoms with E-state index in [0.717, 1.165) is 17.5 Å². The lowest BCUT2D eigenvalue weighted by atomic mass is 9.72. The van der Waals surface area contributed by atoms with E-state index in [9.17, 15) is 35.9 Å². The summed E-state index contributed by atoms with van der Waals surface area (Å²) in [5.41, 5.74) is 2.14. The van der Waals surface area contributed by atoms with Crippen LogP contribution in [0.1, 0.15) is 66.2 Å². The highest BCUT2D eigenvalue weighted by molar-refractivity contribution is 5.95. The zero-order chi connectivity index (χ0) is 33.4. The van der Waals surface area contributed by atoms with Gasteiger partial charge < -0.3 is 19.7 Å². The first-order valence-corrected chi connectivity index (χ1v) is 14.7. The first kappa shape index (κ1) is 34.2. The van der Waals surface area contributed by atoms with Crippen LogP contribution in [0.5, 0.6) is 0 Å². The Hall–Kier alpha value is -5.31. The fraction of sp³-hybridized carbons (Fsp3) is 0.500. The Morgan fingerprint density at radius 1 is 0.867 bits per heavy atom. The number of carbonyl (C=O) groups is 2. The molecule has 232 valence electrons. The van der Waals surface area contributed by atoms with Crippen molar-refractivity contribution in [2.75, 3.05) is 26.3 Å². The van der Waals surface area contributed by atoms with Gasteiger partial charge in [0.05, 0.1) is 11.1 Å². The summed E-state index contributed by atoms with van der Waals surface area (Å²) < 4.78 is 10.0. The van der Waals surface area contributed by atoms with E-state index in [-0.39, 0.29) is 41.2 Å². The molecule has 45 heavy (non-hydrogen) atoms. The van der Waals surface area contributed by atoms with Gasteiger partial charge in [0.1, 0.15) is 54.7 Å². The van der Waals surface area contributed by atoms with Gasteiger partial charge in [-0.25, -0.2) is 9.59 Å². The van der Waals surface area contributed by atoms with E-state index >= 15 is 0 Å². The standard InChI is InChI=1S/C34H37N7O4/c1-6-31(42)44-11-12-45-32(43)28(21-39)25-14-34(4,5)16-30(27(25)20-38)41-9-7-23(8-10-41)40-29-15-33(2,3)13-24(26(29)19-37)22(17-35)18-36/h6,23,40H,1,7-16H2,2-5H3/b28-25+. The van der Waals surface area contributed by atoms with Crippen molar-refractivity contribution in [2.24, 2.45) is 10.8 Å². The van der Waals surface area contributed by atoms with Gasteiger partial charge in [-0.2, -0.15) is 26.3 Å². The quantitative estimate of drug-likeness (QED) is 0.175. The van der Waals surface area contributed by atoms with Gasteiger partial charge in [-0.1, -0.05) is 34.3 Å². The monoisotopic (exact) mass is 607 g/mol. The minimum Gasteiger partial charge on any atom is -0.459 e. The molecule has 11 nitrogen and oxygen atoms in total. The van der Waals surface area contributed by atoms with Crippen molar-refractivity contribution < 1.29 is 19.1 Å². The van der Waals surface area contributed by atoms with Crippen molar-refractivity contribution in [3.05, 3.63) is 57.5 Å². The average Bonchev–Trinajstić information content (AvgIpc) is 2.99. The number of nitrogens with zero attached hydrogens (tertiary/aromatic N) is 6. The number of carbonyl (C=O) groups excluding carboxylic acids is 2. The first-order chi connectivity index (χ1) is 21.3. The van der Waals surface area contributed by atoms with Gasteiger partial charge in [0, 0.05) is 42.2 Å². The number of rotatable bonds is 8. The number of likely N-dealkylation sites (tertiary alicyclic amines) is 1. The zero-order valence-electron chi connectivity index (χ0n) is 26.2. The molecule has 3 aliphatic rings. The molecule has 1 fully saturated rings. The second-order valence-corrected chi connectivity index (χ2v) is 12.9. The minimum absolute atomic E-state index is 0.0277. The Balaban J connectivity index is 1.85. The Morgan fingerprint density at radius 3 is 2.00 bits per heavy atom. The van der Waals surface area contributed by atoms with Crippen LogP contribution in [0.4, 0.5) is 0 Å². The normalized spacial score (nSPS) is 20.3. The van der Waals surface area contributed by atoms with Crippen molar-refractivity contribution in [2.45, 2.75) is 72.3 Å².